The fourth-order valence-corrected chi connectivity index (χ4v) is 2.97. The van der Waals surface area contributed by atoms with Gasteiger partial charge < -0.3 is 24.6 Å². The molecule has 22 heavy (non-hydrogen) atoms. The molecule has 0 aliphatic carbocycles. The van der Waals surface area contributed by atoms with Gasteiger partial charge in [-0.25, -0.2) is 0 Å². The molecule has 1 unspecified atom stereocenters. The number of piperazine rings is 1. The fraction of sp³-hybridized carbons (Fsp3) is 0.625. The first-order valence-electron chi connectivity index (χ1n) is 7.89. The van der Waals surface area contributed by atoms with Crippen LogP contribution in [0.2, 0.25) is 0 Å². The first-order valence-corrected chi connectivity index (χ1v) is 7.89. The second kappa shape index (κ2) is 7.28. The van der Waals surface area contributed by atoms with E-state index in [0.717, 1.165) is 50.6 Å². The minimum Gasteiger partial charge on any atom is -0.454 e. The van der Waals surface area contributed by atoms with Gasteiger partial charge in [-0.15, -0.1) is 0 Å². The third-order valence-electron chi connectivity index (χ3n) is 4.38. The predicted molar refractivity (Wildman–Crippen MR) is 82.1 cm³/mol. The molecule has 2 heterocycles. The van der Waals surface area contributed by atoms with E-state index in [0.29, 0.717) is 12.2 Å². The highest BCUT2D eigenvalue weighted by Crippen LogP contribution is 2.34. The van der Waals surface area contributed by atoms with Crippen LogP contribution in [0.1, 0.15) is 18.1 Å². The smallest absolute Gasteiger partial charge is 0.231 e. The van der Waals surface area contributed by atoms with Crippen LogP contribution in [0.25, 0.3) is 0 Å². The second-order valence-corrected chi connectivity index (χ2v) is 5.82. The van der Waals surface area contributed by atoms with Crippen LogP contribution in [0.4, 0.5) is 0 Å². The maximum absolute atomic E-state index is 10.4. The lowest BCUT2D eigenvalue weighted by molar-refractivity contribution is 0.0923. The molecule has 2 N–H and O–H groups in total. The molecule has 2 aliphatic heterocycles. The topological polar surface area (TPSA) is 65.4 Å². The molecule has 122 valence electrons. The fourth-order valence-electron chi connectivity index (χ4n) is 2.97. The van der Waals surface area contributed by atoms with E-state index in [1.807, 2.05) is 18.2 Å². The highest BCUT2D eigenvalue weighted by Gasteiger charge is 2.19. The number of benzene rings is 1. The van der Waals surface area contributed by atoms with Gasteiger partial charge in [-0.05, 0) is 24.1 Å². The zero-order valence-corrected chi connectivity index (χ0v) is 12.8. The van der Waals surface area contributed by atoms with Crippen molar-refractivity contribution < 1.29 is 19.7 Å². The summed E-state index contributed by atoms with van der Waals surface area (Å²) in [7, 11) is 0. The van der Waals surface area contributed by atoms with Crippen LogP contribution in [0.15, 0.2) is 18.2 Å². The van der Waals surface area contributed by atoms with Crippen LogP contribution >= 0.6 is 0 Å². The Morgan fingerprint density at radius 1 is 1.00 bits per heavy atom. The molecule has 1 fully saturated rings. The van der Waals surface area contributed by atoms with Crippen molar-refractivity contribution in [2.45, 2.75) is 12.5 Å². The summed E-state index contributed by atoms with van der Waals surface area (Å²) in [6, 6.07) is 5.62. The Hall–Kier alpha value is -1.34. The molecule has 0 aromatic heterocycles. The normalized spacial score (nSPS) is 20.3. The minimum absolute atomic E-state index is 0.225. The summed E-state index contributed by atoms with van der Waals surface area (Å²) in [5.41, 5.74) is 0.878. The first kappa shape index (κ1) is 15.6. The van der Waals surface area contributed by atoms with Gasteiger partial charge >= 0.3 is 0 Å². The van der Waals surface area contributed by atoms with Crippen molar-refractivity contribution in [3.8, 4) is 11.5 Å². The molecule has 1 atom stereocenters. The van der Waals surface area contributed by atoms with Crippen molar-refractivity contribution in [1.82, 2.24) is 9.80 Å². The van der Waals surface area contributed by atoms with Crippen molar-refractivity contribution in [2.24, 2.45) is 0 Å². The van der Waals surface area contributed by atoms with Gasteiger partial charge in [0, 0.05) is 39.3 Å². The van der Waals surface area contributed by atoms with Crippen molar-refractivity contribution in [3.63, 3.8) is 0 Å². The third kappa shape index (κ3) is 3.70. The van der Waals surface area contributed by atoms with Crippen LogP contribution in [-0.2, 0) is 0 Å². The number of nitrogens with zero attached hydrogens (tertiary/aromatic N) is 2. The van der Waals surface area contributed by atoms with Crippen molar-refractivity contribution in [1.29, 1.82) is 0 Å². The first-order chi connectivity index (χ1) is 10.8. The maximum atomic E-state index is 10.4. The number of fused-ring (bicyclic) bond motifs is 1. The van der Waals surface area contributed by atoms with E-state index in [2.05, 4.69) is 9.80 Å². The van der Waals surface area contributed by atoms with Crippen LogP contribution in [0.5, 0.6) is 11.5 Å². The molecule has 2 aliphatic rings. The SMILES string of the molecule is OCCN1CCN(CCC(O)c2ccc3c(c2)OCO3)CC1. The monoisotopic (exact) mass is 308 g/mol. The predicted octanol–water partition coefficient (Wildman–Crippen LogP) is 0.449. The maximum Gasteiger partial charge on any atom is 0.231 e. The van der Waals surface area contributed by atoms with Gasteiger partial charge in [-0.1, -0.05) is 6.07 Å². The molecule has 0 spiro atoms. The number of hydrogen-bond acceptors (Lipinski definition) is 6. The Bertz CT molecular complexity index is 489. The molecular formula is C16H24N2O4. The summed E-state index contributed by atoms with van der Waals surface area (Å²) in [5.74, 6) is 1.46. The number of hydrogen-bond donors (Lipinski definition) is 2. The zero-order valence-electron chi connectivity index (χ0n) is 12.8. The van der Waals surface area contributed by atoms with Gasteiger partial charge in [-0.2, -0.15) is 0 Å². The number of rotatable bonds is 6. The summed E-state index contributed by atoms with van der Waals surface area (Å²) in [6.07, 6.45) is 0.226. The Morgan fingerprint density at radius 2 is 1.68 bits per heavy atom. The summed E-state index contributed by atoms with van der Waals surface area (Å²) in [6.45, 7) is 6.08. The Labute approximate surface area is 130 Å². The van der Waals surface area contributed by atoms with Gasteiger partial charge in [0.15, 0.2) is 11.5 Å². The summed E-state index contributed by atoms with van der Waals surface area (Å²) in [4.78, 5) is 4.63. The van der Waals surface area contributed by atoms with E-state index >= 15 is 0 Å². The van der Waals surface area contributed by atoms with Crippen molar-refractivity contribution in [3.05, 3.63) is 23.8 Å². The lowest BCUT2D eigenvalue weighted by atomic mass is 10.1. The van der Waals surface area contributed by atoms with Crippen LogP contribution < -0.4 is 9.47 Å². The molecule has 1 aromatic carbocycles. The Kier molecular flexibility index (Phi) is 5.15. The Balaban J connectivity index is 1.45. The van der Waals surface area contributed by atoms with Crippen molar-refractivity contribution in [2.75, 3.05) is 52.7 Å². The molecular weight excluding hydrogens is 284 g/mol. The van der Waals surface area contributed by atoms with E-state index in [1.165, 1.54) is 0 Å². The molecule has 6 nitrogen and oxygen atoms in total. The van der Waals surface area contributed by atoms with Crippen LogP contribution in [0, 0.1) is 0 Å². The van der Waals surface area contributed by atoms with E-state index in [4.69, 9.17) is 14.6 Å². The third-order valence-corrected chi connectivity index (χ3v) is 4.38. The molecule has 1 saturated heterocycles. The van der Waals surface area contributed by atoms with Gasteiger partial charge in [0.1, 0.15) is 0 Å². The number of aliphatic hydroxyl groups is 2. The number of β-amino-alcohol motifs (C(OH)–C–C–N with tert-alkyl or cyclic N) is 1. The summed E-state index contributed by atoms with van der Waals surface area (Å²) >= 11 is 0. The zero-order chi connectivity index (χ0) is 15.4. The average molecular weight is 308 g/mol. The Morgan fingerprint density at radius 3 is 2.41 bits per heavy atom. The summed E-state index contributed by atoms with van der Waals surface area (Å²) in [5, 5.41) is 19.3. The number of aliphatic hydroxyl groups excluding tert-OH is 2. The minimum atomic E-state index is -0.482. The van der Waals surface area contributed by atoms with Crippen LogP contribution in [-0.4, -0.2) is 72.7 Å². The van der Waals surface area contributed by atoms with E-state index in [9.17, 15) is 5.11 Å². The molecule has 0 amide bonds. The molecule has 6 heteroatoms. The van der Waals surface area contributed by atoms with E-state index in [1.54, 1.807) is 0 Å². The van der Waals surface area contributed by atoms with Gasteiger partial charge in [0.25, 0.3) is 0 Å². The lowest BCUT2D eigenvalue weighted by Crippen LogP contribution is -2.47. The van der Waals surface area contributed by atoms with E-state index < -0.39 is 6.10 Å². The standard InChI is InChI=1S/C16H24N2O4/c19-10-9-18-7-5-17(6-8-18)4-3-14(20)13-1-2-15-16(11-13)22-12-21-15/h1-2,11,14,19-20H,3-10,12H2. The quantitative estimate of drug-likeness (QED) is 0.795. The van der Waals surface area contributed by atoms with Gasteiger partial charge in [0.05, 0.1) is 12.7 Å². The van der Waals surface area contributed by atoms with Crippen LogP contribution in [0.3, 0.4) is 0 Å². The molecule has 0 radical (unpaired) electrons. The highest BCUT2D eigenvalue weighted by molar-refractivity contribution is 5.45. The molecule has 1 aromatic rings. The lowest BCUT2D eigenvalue weighted by Gasteiger charge is -2.34. The van der Waals surface area contributed by atoms with E-state index in [-0.39, 0.29) is 13.4 Å². The molecule has 3 rings (SSSR count). The van der Waals surface area contributed by atoms with Crippen molar-refractivity contribution >= 4 is 0 Å². The molecule has 0 saturated carbocycles. The summed E-state index contributed by atoms with van der Waals surface area (Å²) < 4.78 is 10.6. The largest absolute Gasteiger partial charge is 0.454 e. The van der Waals surface area contributed by atoms with Gasteiger partial charge in [0.2, 0.25) is 6.79 Å². The average Bonchev–Trinajstić information content (AvgIpc) is 3.01. The number of ether oxygens (including phenoxy) is 2. The molecule has 0 bridgehead atoms. The highest BCUT2D eigenvalue weighted by atomic mass is 16.7. The van der Waals surface area contributed by atoms with Gasteiger partial charge in [-0.3, -0.25) is 4.90 Å². The second-order valence-electron chi connectivity index (χ2n) is 5.82.